The first-order valence-electron chi connectivity index (χ1n) is 6.75. The van der Waals surface area contributed by atoms with Gasteiger partial charge in [-0.1, -0.05) is 31.4 Å². The fourth-order valence-electron chi connectivity index (χ4n) is 3.51. The molecule has 18 heavy (non-hydrogen) atoms. The van der Waals surface area contributed by atoms with E-state index >= 15 is 0 Å². The number of hydrogen-bond donors (Lipinski definition) is 1. The largest absolute Gasteiger partial charge is 0.325 e. The van der Waals surface area contributed by atoms with Crippen LogP contribution in [0, 0.1) is 11.8 Å². The average molecular weight is 264 g/mol. The summed E-state index contributed by atoms with van der Waals surface area (Å²) in [4.78, 5) is 12.2. The van der Waals surface area contributed by atoms with Crippen molar-refractivity contribution in [3.8, 4) is 0 Å². The fraction of sp³-hybridized carbons (Fsp3) is 0.533. The number of halogens is 1. The number of amides is 1. The smallest absolute Gasteiger partial charge is 0.232 e. The second kappa shape index (κ2) is 4.58. The van der Waals surface area contributed by atoms with Crippen LogP contribution in [0.5, 0.6) is 0 Å². The number of anilines is 1. The fourth-order valence-corrected chi connectivity index (χ4v) is 3.69. The van der Waals surface area contributed by atoms with Crippen molar-refractivity contribution in [1.82, 2.24) is 0 Å². The Morgan fingerprint density at radius 1 is 1.33 bits per heavy atom. The molecule has 2 aliphatic rings. The number of fused-ring (bicyclic) bond motifs is 1. The molecule has 0 bridgehead atoms. The van der Waals surface area contributed by atoms with Crippen molar-refractivity contribution in [3.63, 3.8) is 0 Å². The van der Waals surface area contributed by atoms with Crippen molar-refractivity contribution < 1.29 is 4.79 Å². The zero-order valence-electron chi connectivity index (χ0n) is 10.6. The minimum Gasteiger partial charge on any atom is -0.325 e. The van der Waals surface area contributed by atoms with Gasteiger partial charge in [0.1, 0.15) is 0 Å². The van der Waals surface area contributed by atoms with Crippen LogP contribution in [0.3, 0.4) is 0 Å². The van der Waals surface area contributed by atoms with E-state index in [2.05, 4.69) is 12.2 Å². The van der Waals surface area contributed by atoms with Crippen LogP contribution < -0.4 is 5.32 Å². The summed E-state index contributed by atoms with van der Waals surface area (Å²) in [6, 6.07) is 5.72. The molecule has 0 spiro atoms. The first-order chi connectivity index (χ1) is 8.65. The summed E-state index contributed by atoms with van der Waals surface area (Å²) in [7, 11) is 0. The normalized spacial score (nSPS) is 31.0. The van der Waals surface area contributed by atoms with Crippen molar-refractivity contribution in [2.75, 3.05) is 5.32 Å². The highest BCUT2D eigenvalue weighted by atomic mass is 35.5. The van der Waals surface area contributed by atoms with Gasteiger partial charge in [-0.15, -0.1) is 0 Å². The van der Waals surface area contributed by atoms with Crippen LogP contribution in [0.2, 0.25) is 5.02 Å². The van der Waals surface area contributed by atoms with Gasteiger partial charge in [0.15, 0.2) is 0 Å². The number of benzene rings is 1. The molecule has 1 N–H and O–H groups in total. The minimum atomic E-state index is 0.0152. The van der Waals surface area contributed by atoms with Gasteiger partial charge in [-0.3, -0.25) is 4.79 Å². The van der Waals surface area contributed by atoms with Gasteiger partial charge in [0.05, 0.1) is 5.92 Å². The van der Waals surface area contributed by atoms with E-state index in [9.17, 15) is 4.79 Å². The summed E-state index contributed by atoms with van der Waals surface area (Å²) in [5, 5.41) is 3.71. The second-order valence-corrected chi connectivity index (χ2v) is 6.17. The molecule has 3 rings (SSSR count). The maximum atomic E-state index is 12.2. The highest BCUT2D eigenvalue weighted by Gasteiger charge is 2.38. The Hall–Kier alpha value is -1.02. The molecule has 1 aromatic carbocycles. The first kappa shape index (κ1) is 12.0. The number of rotatable bonds is 1. The van der Waals surface area contributed by atoms with Crippen molar-refractivity contribution >= 4 is 23.2 Å². The third-order valence-corrected chi connectivity index (χ3v) is 4.57. The van der Waals surface area contributed by atoms with Crippen LogP contribution in [-0.4, -0.2) is 5.91 Å². The van der Waals surface area contributed by atoms with E-state index in [0.29, 0.717) is 5.92 Å². The quantitative estimate of drug-likeness (QED) is 0.808. The van der Waals surface area contributed by atoms with Crippen LogP contribution in [-0.2, 0) is 4.79 Å². The summed E-state index contributed by atoms with van der Waals surface area (Å²) in [6.45, 7) is 2.29. The van der Waals surface area contributed by atoms with Gasteiger partial charge in [0.25, 0.3) is 0 Å². The number of carbonyl (C=O) groups excluding carboxylic acids is 1. The molecule has 3 atom stereocenters. The molecule has 1 aliphatic carbocycles. The van der Waals surface area contributed by atoms with Crippen LogP contribution in [0.25, 0.3) is 0 Å². The van der Waals surface area contributed by atoms with Gasteiger partial charge >= 0.3 is 0 Å². The molecule has 1 heterocycles. The highest BCUT2D eigenvalue weighted by Crippen LogP contribution is 2.45. The lowest BCUT2D eigenvalue weighted by atomic mass is 9.74. The molecule has 1 saturated carbocycles. The Morgan fingerprint density at radius 3 is 2.94 bits per heavy atom. The van der Waals surface area contributed by atoms with Gasteiger partial charge in [-0.2, -0.15) is 0 Å². The minimum absolute atomic E-state index is 0.0152. The van der Waals surface area contributed by atoms with Gasteiger partial charge in [0, 0.05) is 10.7 Å². The molecule has 1 fully saturated rings. The van der Waals surface area contributed by atoms with E-state index in [1.807, 2.05) is 18.2 Å². The molecule has 1 aromatic rings. The number of nitrogens with one attached hydrogen (secondary N) is 1. The van der Waals surface area contributed by atoms with Crippen LogP contribution in [0.4, 0.5) is 5.69 Å². The third kappa shape index (κ3) is 2.03. The van der Waals surface area contributed by atoms with Crippen LogP contribution in [0.1, 0.15) is 44.1 Å². The van der Waals surface area contributed by atoms with E-state index in [1.54, 1.807) is 0 Å². The zero-order valence-corrected chi connectivity index (χ0v) is 11.3. The molecule has 3 heteroatoms. The average Bonchev–Trinajstić information content (AvgIpc) is 2.64. The van der Waals surface area contributed by atoms with Gasteiger partial charge in [-0.05, 0) is 48.4 Å². The summed E-state index contributed by atoms with van der Waals surface area (Å²) in [6.07, 6.45) is 4.86. The molecule has 0 saturated heterocycles. The van der Waals surface area contributed by atoms with E-state index in [0.717, 1.165) is 35.0 Å². The molecule has 0 radical (unpaired) electrons. The third-order valence-electron chi connectivity index (χ3n) is 4.34. The standard InChI is InChI=1S/C15H18ClNO/c1-9-3-2-4-10(7-9)14-12-8-11(16)5-6-13(12)17-15(14)18/h5-6,8-10,14H,2-4,7H2,1H3,(H,17,18). The van der Waals surface area contributed by atoms with E-state index in [4.69, 9.17) is 11.6 Å². The molecule has 96 valence electrons. The SMILES string of the molecule is CC1CCCC(C2C(=O)Nc3ccc(Cl)cc32)C1. The van der Waals surface area contributed by atoms with Crippen molar-refractivity contribution in [1.29, 1.82) is 0 Å². The van der Waals surface area contributed by atoms with Gasteiger partial charge in [0.2, 0.25) is 5.91 Å². The Morgan fingerprint density at radius 2 is 2.17 bits per heavy atom. The maximum Gasteiger partial charge on any atom is 0.232 e. The van der Waals surface area contributed by atoms with Crippen molar-refractivity contribution in [2.24, 2.45) is 11.8 Å². The molecular weight excluding hydrogens is 246 g/mol. The Labute approximate surface area is 113 Å². The molecule has 1 amide bonds. The Kier molecular flexibility index (Phi) is 3.06. The maximum absolute atomic E-state index is 12.2. The van der Waals surface area contributed by atoms with E-state index < -0.39 is 0 Å². The predicted molar refractivity (Wildman–Crippen MR) is 73.9 cm³/mol. The number of carbonyl (C=O) groups is 1. The second-order valence-electron chi connectivity index (χ2n) is 5.73. The van der Waals surface area contributed by atoms with Crippen LogP contribution in [0.15, 0.2) is 18.2 Å². The summed E-state index contributed by atoms with van der Waals surface area (Å²) >= 11 is 6.06. The molecule has 1 aliphatic heterocycles. The first-order valence-corrected chi connectivity index (χ1v) is 7.13. The van der Waals surface area contributed by atoms with Crippen molar-refractivity contribution in [2.45, 2.75) is 38.5 Å². The summed E-state index contributed by atoms with van der Waals surface area (Å²) < 4.78 is 0. The lowest BCUT2D eigenvalue weighted by Gasteiger charge is -2.30. The summed E-state index contributed by atoms with van der Waals surface area (Å²) in [5.41, 5.74) is 2.05. The van der Waals surface area contributed by atoms with Crippen LogP contribution >= 0.6 is 11.6 Å². The molecule has 0 aromatic heterocycles. The highest BCUT2D eigenvalue weighted by molar-refractivity contribution is 6.31. The topological polar surface area (TPSA) is 29.1 Å². The lowest BCUT2D eigenvalue weighted by molar-refractivity contribution is -0.118. The lowest BCUT2D eigenvalue weighted by Crippen LogP contribution is -2.25. The summed E-state index contributed by atoms with van der Waals surface area (Å²) in [5.74, 6) is 1.39. The molecular formula is C15H18ClNO. The zero-order chi connectivity index (χ0) is 12.7. The Balaban J connectivity index is 1.93. The monoisotopic (exact) mass is 263 g/mol. The van der Waals surface area contributed by atoms with Crippen molar-refractivity contribution in [3.05, 3.63) is 28.8 Å². The predicted octanol–water partition coefficient (Wildman–Crippen LogP) is 4.20. The molecule has 3 unspecified atom stereocenters. The van der Waals surface area contributed by atoms with Gasteiger partial charge < -0.3 is 5.32 Å². The van der Waals surface area contributed by atoms with Gasteiger partial charge in [-0.25, -0.2) is 0 Å². The molecule has 2 nitrogen and oxygen atoms in total. The number of hydrogen-bond acceptors (Lipinski definition) is 1. The van der Waals surface area contributed by atoms with E-state index in [-0.39, 0.29) is 11.8 Å². The Bertz CT molecular complexity index is 485. The van der Waals surface area contributed by atoms with E-state index in [1.165, 1.54) is 12.8 Å².